The number of hydrogen-bond acceptors (Lipinski definition) is 6. The summed E-state index contributed by atoms with van der Waals surface area (Å²) in [5.41, 5.74) is -0.196. The van der Waals surface area contributed by atoms with Gasteiger partial charge in [0, 0.05) is 22.1 Å². The van der Waals surface area contributed by atoms with E-state index >= 15 is 0 Å². The Morgan fingerprint density at radius 1 is 0.882 bits per heavy atom. The van der Waals surface area contributed by atoms with Crippen molar-refractivity contribution in [2.75, 3.05) is 0 Å². The molecule has 0 aromatic carbocycles. The lowest BCUT2D eigenvalue weighted by molar-refractivity contribution is -0.249. The Balaban J connectivity index is 1.24. The van der Waals surface area contributed by atoms with E-state index in [1.54, 1.807) is 19.9 Å². The molecular formula is C43H62O7S. The van der Waals surface area contributed by atoms with Crippen LogP contribution < -0.4 is 0 Å². The highest BCUT2D eigenvalue weighted by molar-refractivity contribution is 7.13. The number of ether oxygens (including phenoxy) is 1. The highest BCUT2D eigenvalue weighted by Crippen LogP contribution is 2.77. The molecule has 0 bridgehead atoms. The average molecular weight is 723 g/mol. The van der Waals surface area contributed by atoms with Crippen molar-refractivity contribution in [3.05, 3.63) is 34.0 Å². The van der Waals surface area contributed by atoms with Gasteiger partial charge in [-0.2, -0.15) is 0 Å². The summed E-state index contributed by atoms with van der Waals surface area (Å²) in [5, 5.41) is 19.0. The van der Waals surface area contributed by atoms with Gasteiger partial charge in [-0.15, -0.1) is 11.3 Å². The molecule has 6 rings (SSSR count). The van der Waals surface area contributed by atoms with Gasteiger partial charge in [-0.25, -0.2) is 4.79 Å². The third-order valence-corrected chi connectivity index (χ3v) is 17.6. The van der Waals surface area contributed by atoms with Crippen LogP contribution in [0.1, 0.15) is 147 Å². The molecule has 2 N–H and O–H groups in total. The minimum absolute atomic E-state index is 0.0936. The van der Waals surface area contributed by atoms with Crippen molar-refractivity contribution in [2.45, 2.75) is 145 Å². The van der Waals surface area contributed by atoms with Crippen LogP contribution >= 0.6 is 11.3 Å². The third kappa shape index (κ3) is 5.87. The molecule has 5 saturated carbocycles. The van der Waals surface area contributed by atoms with E-state index in [0.29, 0.717) is 53.1 Å². The van der Waals surface area contributed by atoms with Crippen molar-refractivity contribution in [1.29, 1.82) is 0 Å². The summed E-state index contributed by atoms with van der Waals surface area (Å²) >= 11 is 1.29. The van der Waals surface area contributed by atoms with Crippen molar-refractivity contribution < 1.29 is 34.1 Å². The molecule has 0 spiro atoms. The standard InChI is InChI=1S/C43H62O7S/c1-25(2)27-16-21-43(32(44)15-11-26-10-13-29(51-26)36(46)47)23-22-41(8)28(35(27)43)12-14-31-40(7)19-18-33(50-34(45)24-38(3,4)37(48)49)39(5,6)30(40)17-20-42(31,41)9/h10,13,27-28,30-31,33,35H,1,11-12,14-24H2,2-9H3,(H,46,47)(H,48,49)/t27-,28?,30?,31?,33?,35?,40-,41+,42+,43+/m0/s1. The predicted molar refractivity (Wildman–Crippen MR) is 199 cm³/mol. The second kappa shape index (κ2) is 12.8. The quantitative estimate of drug-likeness (QED) is 0.182. The first kappa shape index (κ1) is 38.3. The monoisotopic (exact) mass is 722 g/mol. The summed E-state index contributed by atoms with van der Waals surface area (Å²) in [6, 6.07) is 3.53. The van der Waals surface area contributed by atoms with Gasteiger partial charge in [-0.05, 0) is 149 Å². The SMILES string of the molecule is C=C(C)[C@@H]1CC[C@]2(C(=O)CCc3ccc(C(=O)O)s3)CC[C@]3(C)C(CCC4[C@@]5(C)CCC(OC(=O)CC(C)(C)C(=O)O)C(C)(C)C5CC[C@]43C)C12. The molecule has 5 aliphatic rings. The average Bonchev–Trinajstić information content (AvgIpc) is 3.68. The molecule has 1 aromatic heterocycles. The van der Waals surface area contributed by atoms with Crippen LogP contribution in [0.25, 0.3) is 0 Å². The summed E-state index contributed by atoms with van der Waals surface area (Å²) < 4.78 is 6.16. The maximum atomic E-state index is 14.5. The van der Waals surface area contributed by atoms with Gasteiger partial charge in [-0.3, -0.25) is 14.4 Å². The summed E-state index contributed by atoms with van der Waals surface area (Å²) in [6.07, 6.45) is 10.9. The van der Waals surface area contributed by atoms with Crippen molar-refractivity contribution in [3.8, 4) is 0 Å². The Hall–Kier alpha value is -2.48. The lowest BCUT2D eigenvalue weighted by Gasteiger charge is -2.73. The number of Topliss-reactive ketones (excluding diaryl/α,β-unsaturated/α-hetero) is 1. The number of aryl methyl sites for hydroxylation is 1. The fourth-order valence-electron chi connectivity index (χ4n) is 13.6. The summed E-state index contributed by atoms with van der Waals surface area (Å²) in [4.78, 5) is 52.1. The first-order valence-corrected chi connectivity index (χ1v) is 20.4. The van der Waals surface area contributed by atoms with Crippen LogP contribution in [0.2, 0.25) is 0 Å². The smallest absolute Gasteiger partial charge is 0.345 e. The number of esters is 1. The highest BCUT2D eigenvalue weighted by atomic mass is 32.1. The largest absolute Gasteiger partial charge is 0.481 e. The number of thiophene rings is 1. The number of allylic oxidation sites excluding steroid dienone is 1. The molecule has 1 heterocycles. The van der Waals surface area contributed by atoms with Gasteiger partial charge in [0.25, 0.3) is 0 Å². The molecule has 282 valence electrons. The van der Waals surface area contributed by atoms with E-state index < -0.39 is 23.3 Å². The Bertz CT molecular complexity index is 1600. The number of hydrogen-bond donors (Lipinski definition) is 2. The van der Waals surface area contributed by atoms with E-state index in [9.17, 15) is 29.4 Å². The molecule has 5 aliphatic carbocycles. The minimum atomic E-state index is -1.16. The van der Waals surface area contributed by atoms with Crippen LogP contribution in [-0.4, -0.2) is 40.0 Å². The van der Waals surface area contributed by atoms with Crippen molar-refractivity contribution in [1.82, 2.24) is 0 Å². The van der Waals surface area contributed by atoms with Gasteiger partial charge < -0.3 is 14.9 Å². The lowest BCUT2D eigenvalue weighted by atomic mass is 9.32. The zero-order valence-corrected chi connectivity index (χ0v) is 33.2. The highest BCUT2D eigenvalue weighted by Gasteiger charge is 2.72. The van der Waals surface area contributed by atoms with Crippen LogP contribution in [0.5, 0.6) is 0 Å². The molecule has 5 fully saturated rings. The molecule has 0 aliphatic heterocycles. The fraction of sp³-hybridized carbons (Fsp3) is 0.767. The first-order valence-electron chi connectivity index (χ1n) is 19.6. The molecule has 1 aromatic rings. The van der Waals surface area contributed by atoms with Crippen LogP contribution in [0.4, 0.5) is 0 Å². The molecular weight excluding hydrogens is 661 g/mol. The zero-order chi connectivity index (χ0) is 37.5. The predicted octanol–water partition coefficient (Wildman–Crippen LogP) is 10.0. The zero-order valence-electron chi connectivity index (χ0n) is 32.4. The summed E-state index contributed by atoms with van der Waals surface area (Å²) in [6.45, 7) is 22.1. The summed E-state index contributed by atoms with van der Waals surface area (Å²) in [7, 11) is 0. The van der Waals surface area contributed by atoms with Crippen molar-refractivity contribution in [3.63, 3.8) is 0 Å². The number of carboxylic acids is 2. The number of aromatic carboxylic acids is 1. The van der Waals surface area contributed by atoms with Crippen molar-refractivity contribution >= 4 is 35.0 Å². The molecule has 51 heavy (non-hydrogen) atoms. The number of rotatable bonds is 10. The Morgan fingerprint density at radius 2 is 1.59 bits per heavy atom. The van der Waals surface area contributed by atoms with Crippen LogP contribution in [-0.2, 0) is 25.5 Å². The van der Waals surface area contributed by atoms with Crippen LogP contribution in [0.3, 0.4) is 0 Å². The normalized spacial score (nSPS) is 39.8. The Kier molecular flexibility index (Phi) is 9.62. The summed E-state index contributed by atoms with van der Waals surface area (Å²) in [5.74, 6) is 0.0786. The van der Waals surface area contributed by atoms with E-state index in [1.165, 1.54) is 16.9 Å². The Labute approximate surface area is 309 Å². The number of aliphatic carboxylic acids is 1. The first-order chi connectivity index (χ1) is 23.6. The second-order valence-corrected chi connectivity index (χ2v) is 20.7. The maximum Gasteiger partial charge on any atom is 0.345 e. The van der Waals surface area contributed by atoms with Crippen LogP contribution in [0.15, 0.2) is 24.3 Å². The van der Waals surface area contributed by atoms with Gasteiger partial charge in [0.15, 0.2) is 0 Å². The number of ketones is 1. The molecule has 7 nitrogen and oxygen atoms in total. The van der Waals surface area contributed by atoms with Crippen molar-refractivity contribution in [2.24, 2.45) is 62.1 Å². The van der Waals surface area contributed by atoms with Crippen LogP contribution in [0, 0.1) is 62.1 Å². The van der Waals surface area contributed by atoms with E-state index in [-0.39, 0.29) is 39.6 Å². The van der Waals surface area contributed by atoms with Gasteiger partial charge in [-0.1, -0.05) is 46.8 Å². The fourth-order valence-corrected chi connectivity index (χ4v) is 14.4. The van der Waals surface area contributed by atoms with Gasteiger partial charge in [0.05, 0.1) is 11.8 Å². The number of carbonyl (C=O) groups is 4. The van der Waals surface area contributed by atoms with Gasteiger partial charge in [0.2, 0.25) is 0 Å². The van der Waals surface area contributed by atoms with E-state index in [0.717, 1.165) is 69.1 Å². The van der Waals surface area contributed by atoms with Gasteiger partial charge >= 0.3 is 17.9 Å². The minimum Gasteiger partial charge on any atom is -0.481 e. The van der Waals surface area contributed by atoms with E-state index in [4.69, 9.17) is 4.74 Å². The van der Waals surface area contributed by atoms with E-state index in [1.807, 2.05) is 6.07 Å². The number of fused-ring (bicyclic) bond motifs is 7. The molecule has 5 unspecified atom stereocenters. The number of carbonyl (C=O) groups excluding carboxylic acids is 2. The number of carboxylic acid groups (broad SMARTS) is 2. The second-order valence-electron chi connectivity index (χ2n) is 19.5. The Morgan fingerprint density at radius 3 is 2.22 bits per heavy atom. The molecule has 10 atom stereocenters. The topological polar surface area (TPSA) is 118 Å². The lowest BCUT2D eigenvalue weighted by Crippen LogP contribution is -2.67. The third-order valence-electron chi connectivity index (χ3n) is 16.5. The molecule has 8 heteroatoms. The maximum absolute atomic E-state index is 14.5. The van der Waals surface area contributed by atoms with Gasteiger partial charge in [0.1, 0.15) is 16.8 Å². The van der Waals surface area contributed by atoms with E-state index in [2.05, 4.69) is 48.1 Å². The molecule has 0 radical (unpaired) electrons. The molecule has 0 amide bonds. The molecule has 0 saturated heterocycles.